The molecule has 0 amide bonds. The van der Waals surface area contributed by atoms with Gasteiger partial charge in [-0.05, 0) is 48.2 Å². The normalized spacial score (nSPS) is 11.3. The van der Waals surface area contributed by atoms with Crippen LogP contribution in [0.5, 0.6) is 5.75 Å². The van der Waals surface area contributed by atoms with Gasteiger partial charge in [0.05, 0.1) is 11.5 Å². The first-order chi connectivity index (χ1) is 11.1. The average molecular weight is 328 g/mol. The molecule has 0 N–H and O–H groups in total. The van der Waals surface area contributed by atoms with Crippen LogP contribution in [0.15, 0.2) is 42.5 Å². The van der Waals surface area contributed by atoms with Gasteiger partial charge in [0.15, 0.2) is 5.78 Å². The zero-order valence-electron chi connectivity index (χ0n) is 14.0. The van der Waals surface area contributed by atoms with E-state index in [9.17, 15) is 4.79 Å². The molecule has 0 aliphatic heterocycles. The number of hydrogen-bond donors (Lipinski definition) is 0. The van der Waals surface area contributed by atoms with Crippen LogP contribution in [0.1, 0.15) is 47.3 Å². The molecule has 0 saturated carbocycles. The minimum Gasteiger partial charge on any atom is -0.493 e. The average Bonchev–Trinajstić information content (AvgIpc) is 3.00. The van der Waals surface area contributed by atoms with Crippen LogP contribution in [0, 0.1) is 5.92 Å². The van der Waals surface area contributed by atoms with E-state index in [-0.39, 0.29) is 5.78 Å². The molecule has 0 fully saturated rings. The van der Waals surface area contributed by atoms with E-state index in [0.29, 0.717) is 12.5 Å². The summed E-state index contributed by atoms with van der Waals surface area (Å²) in [4.78, 5) is 14.3. The van der Waals surface area contributed by atoms with Gasteiger partial charge in [0.25, 0.3) is 0 Å². The van der Waals surface area contributed by atoms with Crippen molar-refractivity contribution in [1.82, 2.24) is 0 Å². The Bertz CT molecular complexity index is 668. The van der Waals surface area contributed by atoms with Gasteiger partial charge in [-0.25, -0.2) is 0 Å². The van der Waals surface area contributed by atoms with Crippen molar-refractivity contribution in [3.05, 3.63) is 57.8 Å². The molecule has 0 spiro atoms. The molecule has 1 aromatic heterocycles. The van der Waals surface area contributed by atoms with Crippen molar-refractivity contribution in [2.75, 3.05) is 6.61 Å². The Morgan fingerprint density at radius 1 is 1.26 bits per heavy atom. The molecule has 0 atom stereocenters. The van der Waals surface area contributed by atoms with E-state index in [0.717, 1.165) is 29.0 Å². The Hall–Kier alpha value is -1.87. The molecular formula is C20H24O2S. The molecule has 0 aliphatic rings. The van der Waals surface area contributed by atoms with Crippen LogP contribution in [0.3, 0.4) is 0 Å². The molecule has 3 heteroatoms. The molecule has 2 nitrogen and oxygen atoms in total. The molecule has 1 aromatic carbocycles. The van der Waals surface area contributed by atoms with Gasteiger partial charge in [-0.15, -0.1) is 11.3 Å². The first-order valence-electron chi connectivity index (χ1n) is 8.12. The molecule has 0 aliphatic carbocycles. The number of carbonyl (C=O) groups is 1. The van der Waals surface area contributed by atoms with Gasteiger partial charge in [0.2, 0.25) is 0 Å². The Morgan fingerprint density at radius 3 is 2.83 bits per heavy atom. The summed E-state index contributed by atoms with van der Waals surface area (Å²) in [5.74, 6) is 1.40. The molecule has 23 heavy (non-hydrogen) atoms. The predicted molar refractivity (Wildman–Crippen MR) is 98.5 cm³/mol. The second-order valence-corrected chi connectivity index (χ2v) is 7.16. The standard InChI is InChI=1S/C20H24O2S/c1-4-6-18-10-12-20(23-18)19(21)11-9-16-7-5-8-17(13-16)22-14-15(2)3/h5,7-13,15H,4,6,14H2,1-3H3/b11-9+. The third-order valence-electron chi connectivity index (χ3n) is 3.27. The van der Waals surface area contributed by atoms with Gasteiger partial charge >= 0.3 is 0 Å². The van der Waals surface area contributed by atoms with Crippen molar-refractivity contribution >= 4 is 23.2 Å². The first-order valence-corrected chi connectivity index (χ1v) is 8.94. The lowest BCUT2D eigenvalue weighted by molar-refractivity contribution is 0.105. The quantitative estimate of drug-likeness (QED) is 0.463. The summed E-state index contributed by atoms with van der Waals surface area (Å²) in [5.41, 5.74) is 0.977. The predicted octanol–water partition coefficient (Wildman–Crippen LogP) is 5.63. The SMILES string of the molecule is CCCc1ccc(C(=O)/C=C/c2cccc(OCC(C)C)c2)s1. The van der Waals surface area contributed by atoms with Crippen molar-refractivity contribution in [2.45, 2.75) is 33.6 Å². The molecule has 2 aromatic rings. The summed E-state index contributed by atoms with van der Waals surface area (Å²) in [7, 11) is 0. The molecule has 122 valence electrons. The van der Waals surface area contributed by atoms with Crippen LogP contribution in [0.4, 0.5) is 0 Å². The van der Waals surface area contributed by atoms with E-state index in [2.05, 4.69) is 26.8 Å². The van der Waals surface area contributed by atoms with Crippen LogP contribution in [0.25, 0.3) is 6.08 Å². The van der Waals surface area contributed by atoms with Gasteiger partial charge in [-0.3, -0.25) is 4.79 Å². The fourth-order valence-electron chi connectivity index (χ4n) is 2.12. The summed E-state index contributed by atoms with van der Waals surface area (Å²) >= 11 is 1.59. The Morgan fingerprint density at radius 2 is 2.09 bits per heavy atom. The number of aryl methyl sites for hydroxylation is 1. The van der Waals surface area contributed by atoms with Gasteiger partial charge in [0.1, 0.15) is 5.75 Å². The zero-order chi connectivity index (χ0) is 16.7. The minimum atomic E-state index is 0.0610. The van der Waals surface area contributed by atoms with Crippen molar-refractivity contribution in [3.63, 3.8) is 0 Å². The smallest absolute Gasteiger partial charge is 0.195 e. The number of benzene rings is 1. The molecule has 1 heterocycles. The van der Waals surface area contributed by atoms with Crippen LogP contribution in [-0.2, 0) is 6.42 Å². The largest absolute Gasteiger partial charge is 0.493 e. The molecular weight excluding hydrogens is 304 g/mol. The lowest BCUT2D eigenvalue weighted by Crippen LogP contribution is -2.04. The Kier molecular flexibility index (Phi) is 6.60. The second kappa shape index (κ2) is 8.68. The summed E-state index contributed by atoms with van der Waals surface area (Å²) in [5, 5.41) is 0. The van der Waals surface area contributed by atoms with E-state index in [1.54, 1.807) is 17.4 Å². The fourth-order valence-corrected chi connectivity index (χ4v) is 3.15. The fraction of sp³-hybridized carbons (Fsp3) is 0.350. The highest BCUT2D eigenvalue weighted by Gasteiger charge is 2.06. The lowest BCUT2D eigenvalue weighted by Gasteiger charge is -2.08. The van der Waals surface area contributed by atoms with E-state index in [4.69, 9.17) is 4.74 Å². The van der Waals surface area contributed by atoms with Crippen molar-refractivity contribution in [2.24, 2.45) is 5.92 Å². The summed E-state index contributed by atoms with van der Waals surface area (Å²) < 4.78 is 5.71. The monoisotopic (exact) mass is 328 g/mol. The topological polar surface area (TPSA) is 26.3 Å². The van der Waals surface area contributed by atoms with Crippen molar-refractivity contribution in [1.29, 1.82) is 0 Å². The zero-order valence-corrected chi connectivity index (χ0v) is 14.9. The minimum absolute atomic E-state index is 0.0610. The first kappa shape index (κ1) is 17.5. The number of ketones is 1. The highest BCUT2D eigenvalue weighted by molar-refractivity contribution is 7.14. The van der Waals surface area contributed by atoms with Crippen LogP contribution < -0.4 is 4.74 Å². The summed E-state index contributed by atoms with van der Waals surface area (Å²) in [6, 6.07) is 11.8. The maximum atomic E-state index is 12.2. The highest BCUT2D eigenvalue weighted by Crippen LogP contribution is 2.20. The molecule has 2 rings (SSSR count). The summed E-state index contributed by atoms with van der Waals surface area (Å²) in [6.07, 6.45) is 5.64. The number of hydrogen-bond acceptors (Lipinski definition) is 3. The second-order valence-electron chi connectivity index (χ2n) is 5.99. The van der Waals surface area contributed by atoms with E-state index in [1.165, 1.54) is 4.88 Å². The van der Waals surface area contributed by atoms with Gasteiger partial charge < -0.3 is 4.74 Å². The van der Waals surface area contributed by atoms with Crippen LogP contribution >= 0.6 is 11.3 Å². The number of allylic oxidation sites excluding steroid dienone is 1. The van der Waals surface area contributed by atoms with E-state index >= 15 is 0 Å². The number of carbonyl (C=O) groups excluding carboxylic acids is 1. The number of rotatable bonds is 8. The lowest BCUT2D eigenvalue weighted by atomic mass is 10.1. The van der Waals surface area contributed by atoms with Gasteiger partial charge in [-0.1, -0.05) is 45.4 Å². The number of ether oxygens (including phenoxy) is 1. The van der Waals surface area contributed by atoms with Crippen molar-refractivity contribution in [3.8, 4) is 5.75 Å². The summed E-state index contributed by atoms with van der Waals surface area (Å²) in [6.45, 7) is 7.09. The number of thiophene rings is 1. The molecule has 0 radical (unpaired) electrons. The Balaban J connectivity index is 2.01. The highest BCUT2D eigenvalue weighted by atomic mass is 32.1. The van der Waals surface area contributed by atoms with Gasteiger partial charge in [-0.2, -0.15) is 0 Å². The van der Waals surface area contributed by atoms with Gasteiger partial charge in [0, 0.05) is 4.88 Å². The van der Waals surface area contributed by atoms with E-state index < -0.39 is 0 Å². The molecule has 0 unspecified atom stereocenters. The van der Waals surface area contributed by atoms with Crippen molar-refractivity contribution < 1.29 is 9.53 Å². The van der Waals surface area contributed by atoms with E-state index in [1.807, 2.05) is 36.4 Å². The van der Waals surface area contributed by atoms with Crippen LogP contribution in [-0.4, -0.2) is 12.4 Å². The molecule has 0 bridgehead atoms. The molecule has 0 saturated heterocycles. The van der Waals surface area contributed by atoms with Crippen LogP contribution in [0.2, 0.25) is 0 Å². The maximum absolute atomic E-state index is 12.2. The third-order valence-corrected chi connectivity index (χ3v) is 4.43. The third kappa shape index (κ3) is 5.68. The maximum Gasteiger partial charge on any atom is 0.195 e. The Labute approximate surface area is 142 Å².